The number of rotatable bonds is 16. The summed E-state index contributed by atoms with van der Waals surface area (Å²) in [7, 11) is -3.88. The lowest BCUT2D eigenvalue weighted by Gasteiger charge is -2.28. The number of aliphatic hydroxyl groups is 1. The first-order valence-corrected chi connectivity index (χ1v) is 11.7. The molecule has 1 atom stereocenters. The first-order chi connectivity index (χ1) is 14.4. The summed E-state index contributed by atoms with van der Waals surface area (Å²) >= 11 is 0. The largest absolute Gasteiger partial charge is 0.508 e. The SMILES string of the molecule is CCCOC(=O)OCCCCOC(=O)[C@H](O)C(C)(C)COS(=O)(=O)CCCNC(C)=O. The van der Waals surface area contributed by atoms with Gasteiger partial charge in [-0.25, -0.2) is 9.59 Å². The van der Waals surface area contributed by atoms with Crippen molar-refractivity contribution in [3.8, 4) is 0 Å². The molecule has 0 aliphatic carbocycles. The highest BCUT2D eigenvalue weighted by molar-refractivity contribution is 7.86. The highest BCUT2D eigenvalue weighted by atomic mass is 32.2. The number of nitrogens with one attached hydrogen (secondary N) is 1. The second-order valence-electron chi connectivity index (χ2n) is 7.57. The lowest BCUT2D eigenvalue weighted by Crippen LogP contribution is -2.41. The third-order valence-electron chi connectivity index (χ3n) is 3.95. The number of esters is 1. The second kappa shape index (κ2) is 15.0. The van der Waals surface area contributed by atoms with Crippen LogP contribution in [0.5, 0.6) is 0 Å². The van der Waals surface area contributed by atoms with Crippen LogP contribution >= 0.6 is 0 Å². The Morgan fingerprint density at radius 3 is 2.16 bits per heavy atom. The molecule has 11 nitrogen and oxygen atoms in total. The van der Waals surface area contributed by atoms with Gasteiger partial charge < -0.3 is 24.6 Å². The first-order valence-electron chi connectivity index (χ1n) is 10.2. The van der Waals surface area contributed by atoms with E-state index in [2.05, 4.69) is 5.32 Å². The Balaban J connectivity index is 4.18. The van der Waals surface area contributed by atoms with Crippen LogP contribution < -0.4 is 5.32 Å². The molecule has 2 N–H and O–H groups in total. The zero-order chi connectivity index (χ0) is 23.9. The van der Waals surface area contributed by atoms with Gasteiger partial charge in [-0.1, -0.05) is 20.8 Å². The van der Waals surface area contributed by atoms with Crippen molar-refractivity contribution >= 4 is 28.1 Å². The summed E-state index contributed by atoms with van der Waals surface area (Å²) in [5.41, 5.74) is -1.21. The summed E-state index contributed by atoms with van der Waals surface area (Å²) in [6.07, 6.45) is -0.636. The van der Waals surface area contributed by atoms with E-state index < -0.39 is 40.4 Å². The molecule has 0 aliphatic rings. The standard InChI is InChI=1S/C19H35NO10S/c1-5-10-28-18(24)29-12-7-6-11-27-17(23)16(22)19(3,4)14-30-31(25,26)13-8-9-20-15(2)21/h16,22H,5-14H2,1-4H3,(H,20,21)/t16-/m0/s1. The quantitative estimate of drug-likeness (QED) is 0.191. The van der Waals surface area contributed by atoms with Gasteiger partial charge >= 0.3 is 12.1 Å². The maximum absolute atomic E-state index is 12.0. The van der Waals surface area contributed by atoms with Gasteiger partial charge in [0, 0.05) is 18.9 Å². The van der Waals surface area contributed by atoms with Crippen molar-refractivity contribution in [1.29, 1.82) is 0 Å². The molecule has 0 rings (SSSR count). The fourth-order valence-corrected chi connectivity index (χ4v) is 3.15. The number of unbranched alkanes of at least 4 members (excludes halogenated alkanes) is 1. The molecular formula is C19H35NO10S. The minimum atomic E-state index is -3.88. The summed E-state index contributed by atoms with van der Waals surface area (Å²) in [5, 5.41) is 12.7. The number of amides is 1. The normalized spacial score (nSPS) is 12.7. The zero-order valence-electron chi connectivity index (χ0n) is 18.7. The Bertz CT molecular complexity index is 663. The fourth-order valence-electron chi connectivity index (χ4n) is 2.05. The second-order valence-corrected chi connectivity index (χ2v) is 9.33. The average Bonchev–Trinajstić information content (AvgIpc) is 2.70. The van der Waals surface area contributed by atoms with E-state index >= 15 is 0 Å². The average molecular weight is 470 g/mol. The van der Waals surface area contributed by atoms with Crippen LogP contribution in [0.3, 0.4) is 0 Å². The van der Waals surface area contributed by atoms with Crippen molar-refractivity contribution in [3.63, 3.8) is 0 Å². The lowest BCUT2D eigenvalue weighted by molar-refractivity contribution is -0.161. The first kappa shape index (κ1) is 29.1. The Kier molecular flexibility index (Phi) is 14.0. The number of hydrogen-bond donors (Lipinski definition) is 2. The third kappa shape index (κ3) is 14.7. The molecule has 0 radical (unpaired) electrons. The van der Waals surface area contributed by atoms with Gasteiger partial charge in [-0.05, 0) is 25.7 Å². The van der Waals surface area contributed by atoms with E-state index in [4.69, 9.17) is 18.4 Å². The summed E-state index contributed by atoms with van der Waals surface area (Å²) < 4.78 is 43.3. The number of aliphatic hydroxyl groups excluding tert-OH is 1. The predicted octanol–water partition coefficient (Wildman–Crippen LogP) is 1.13. The zero-order valence-corrected chi connectivity index (χ0v) is 19.5. The van der Waals surface area contributed by atoms with Crippen LogP contribution in [0.25, 0.3) is 0 Å². The van der Waals surface area contributed by atoms with Crippen LogP contribution in [-0.4, -0.2) is 76.4 Å². The minimum Gasteiger partial charge on any atom is -0.464 e. The summed E-state index contributed by atoms with van der Waals surface area (Å²) in [5.74, 6) is -1.47. The van der Waals surface area contributed by atoms with Crippen molar-refractivity contribution < 1.29 is 46.3 Å². The van der Waals surface area contributed by atoms with Gasteiger partial charge in [0.15, 0.2) is 6.10 Å². The van der Waals surface area contributed by atoms with Crippen LogP contribution in [-0.2, 0) is 38.1 Å². The van der Waals surface area contributed by atoms with Gasteiger partial charge in [0.25, 0.3) is 10.1 Å². The summed E-state index contributed by atoms with van der Waals surface area (Å²) in [6.45, 7) is 6.31. The van der Waals surface area contributed by atoms with Crippen LogP contribution in [0.2, 0.25) is 0 Å². The van der Waals surface area contributed by atoms with Gasteiger partial charge in [0.2, 0.25) is 5.91 Å². The van der Waals surface area contributed by atoms with E-state index in [-0.39, 0.29) is 44.4 Å². The van der Waals surface area contributed by atoms with Gasteiger partial charge in [0.05, 0.1) is 32.2 Å². The van der Waals surface area contributed by atoms with E-state index in [1.165, 1.54) is 20.8 Å². The molecule has 0 saturated carbocycles. The molecule has 0 fully saturated rings. The van der Waals surface area contributed by atoms with E-state index in [0.717, 1.165) is 0 Å². The Labute approximate surface area is 183 Å². The number of hydrogen-bond acceptors (Lipinski definition) is 10. The molecule has 0 spiro atoms. The molecule has 1 amide bonds. The van der Waals surface area contributed by atoms with Crippen molar-refractivity contribution in [2.45, 2.75) is 59.5 Å². The molecule has 0 saturated heterocycles. The predicted molar refractivity (Wildman–Crippen MR) is 111 cm³/mol. The number of carbonyl (C=O) groups is 3. The maximum atomic E-state index is 12.0. The highest BCUT2D eigenvalue weighted by Crippen LogP contribution is 2.23. The van der Waals surface area contributed by atoms with Crippen molar-refractivity contribution in [2.24, 2.45) is 5.41 Å². The Morgan fingerprint density at radius 2 is 1.58 bits per heavy atom. The molecule has 0 bridgehead atoms. The Hall–Kier alpha value is -1.92. The molecule has 0 aliphatic heterocycles. The summed E-state index contributed by atoms with van der Waals surface area (Å²) in [4.78, 5) is 33.9. The van der Waals surface area contributed by atoms with Gasteiger partial charge in [-0.2, -0.15) is 8.42 Å². The fraction of sp³-hybridized carbons (Fsp3) is 0.842. The molecule has 12 heteroatoms. The van der Waals surface area contributed by atoms with Crippen LogP contribution in [0.4, 0.5) is 4.79 Å². The van der Waals surface area contributed by atoms with E-state index in [1.807, 2.05) is 6.92 Å². The number of ether oxygens (including phenoxy) is 3. The van der Waals surface area contributed by atoms with E-state index in [1.54, 1.807) is 0 Å². The highest BCUT2D eigenvalue weighted by Gasteiger charge is 2.36. The van der Waals surface area contributed by atoms with E-state index in [9.17, 15) is 27.9 Å². The smallest absolute Gasteiger partial charge is 0.464 e. The van der Waals surface area contributed by atoms with Crippen molar-refractivity contribution in [1.82, 2.24) is 5.32 Å². The van der Waals surface area contributed by atoms with Crippen molar-refractivity contribution in [3.05, 3.63) is 0 Å². The van der Waals surface area contributed by atoms with Crippen LogP contribution in [0.1, 0.15) is 53.4 Å². The lowest BCUT2D eigenvalue weighted by atomic mass is 9.88. The molecule has 0 aromatic carbocycles. The molecule has 0 aromatic heterocycles. The van der Waals surface area contributed by atoms with Crippen LogP contribution in [0.15, 0.2) is 0 Å². The third-order valence-corrected chi connectivity index (χ3v) is 5.21. The molecule has 0 heterocycles. The summed E-state index contributed by atoms with van der Waals surface area (Å²) in [6, 6.07) is 0. The minimum absolute atomic E-state index is 0.00163. The van der Waals surface area contributed by atoms with Crippen molar-refractivity contribution in [2.75, 3.05) is 38.7 Å². The monoisotopic (exact) mass is 469 g/mol. The molecule has 0 aromatic rings. The Morgan fingerprint density at radius 1 is 1.00 bits per heavy atom. The van der Waals surface area contributed by atoms with Crippen LogP contribution in [0, 0.1) is 5.41 Å². The molecule has 182 valence electrons. The topological polar surface area (TPSA) is 155 Å². The van der Waals surface area contributed by atoms with E-state index in [0.29, 0.717) is 19.3 Å². The van der Waals surface area contributed by atoms with Gasteiger partial charge in [-0.15, -0.1) is 0 Å². The van der Waals surface area contributed by atoms with Gasteiger partial charge in [-0.3, -0.25) is 8.98 Å². The maximum Gasteiger partial charge on any atom is 0.508 e. The molecular weight excluding hydrogens is 434 g/mol. The number of carbonyl (C=O) groups excluding carboxylic acids is 3. The molecule has 0 unspecified atom stereocenters. The van der Waals surface area contributed by atoms with Gasteiger partial charge in [0.1, 0.15) is 0 Å². The molecule has 31 heavy (non-hydrogen) atoms.